The van der Waals surface area contributed by atoms with Crippen molar-refractivity contribution in [3.63, 3.8) is 0 Å². The monoisotopic (exact) mass is 416 g/mol. The molecule has 2 aliphatic rings. The van der Waals surface area contributed by atoms with E-state index in [2.05, 4.69) is 10.0 Å². The van der Waals surface area contributed by atoms with E-state index in [4.69, 9.17) is 9.47 Å². The lowest BCUT2D eigenvalue weighted by molar-refractivity contribution is -0.116. The average Bonchev–Trinajstić information content (AvgIpc) is 3.19. The number of hydrogen-bond acceptors (Lipinski definition) is 5. The topological polar surface area (TPSA) is 93.7 Å². The third-order valence-electron chi connectivity index (χ3n) is 5.16. The summed E-state index contributed by atoms with van der Waals surface area (Å²) in [6.45, 7) is 0.380. The summed E-state index contributed by atoms with van der Waals surface area (Å²) in [6.07, 6.45) is 4.82. The Morgan fingerprint density at radius 1 is 0.966 bits per heavy atom. The third-order valence-corrected chi connectivity index (χ3v) is 6.62. The molecule has 154 valence electrons. The van der Waals surface area contributed by atoms with E-state index in [9.17, 15) is 13.2 Å². The molecule has 29 heavy (non-hydrogen) atoms. The fourth-order valence-corrected chi connectivity index (χ4v) is 4.74. The van der Waals surface area contributed by atoms with Crippen LogP contribution in [0.5, 0.6) is 11.5 Å². The van der Waals surface area contributed by atoms with E-state index in [1.54, 1.807) is 30.3 Å². The number of carbonyl (C=O) groups is 1. The highest BCUT2D eigenvalue weighted by atomic mass is 32.2. The van der Waals surface area contributed by atoms with Gasteiger partial charge in [0.15, 0.2) is 11.5 Å². The summed E-state index contributed by atoms with van der Waals surface area (Å²) >= 11 is 0. The van der Waals surface area contributed by atoms with Crippen LogP contribution in [-0.2, 0) is 27.7 Å². The zero-order chi connectivity index (χ0) is 20.3. The second kappa shape index (κ2) is 8.42. The summed E-state index contributed by atoms with van der Waals surface area (Å²) < 4.78 is 38.2. The Kier molecular flexibility index (Phi) is 5.73. The molecule has 1 aliphatic carbocycles. The maximum absolute atomic E-state index is 12.5. The lowest BCUT2D eigenvalue weighted by atomic mass is 9.92. The van der Waals surface area contributed by atoms with Gasteiger partial charge in [0, 0.05) is 24.7 Å². The summed E-state index contributed by atoms with van der Waals surface area (Å²) in [5.41, 5.74) is 2.99. The first-order chi connectivity index (χ1) is 14.0. The number of nitrogens with one attached hydrogen (secondary N) is 2. The summed E-state index contributed by atoms with van der Waals surface area (Å²) in [6, 6.07) is 10.6. The number of ether oxygens (including phenoxy) is 2. The van der Waals surface area contributed by atoms with Crippen molar-refractivity contribution in [1.29, 1.82) is 0 Å². The summed E-state index contributed by atoms with van der Waals surface area (Å²) in [4.78, 5) is 12.4. The molecular weight excluding hydrogens is 392 g/mol. The molecular formula is C21H24N2O5S. The van der Waals surface area contributed by atoms with Crippen molar-refractivity contribution in [3.05, 3.63) is 47.5 Å². The summed E-state index contributed by atoms with van der Waals surface area (Å²) in [7, 11) is -3.57. The third kappa shape index (κ3) is 4.71. The van der Waals surface area contributed by atoms with Gasteiger partial charge in [-0.05, 0) is 67.5 Å². The smallest absolute Gasteiger partial charge is 0.240 e. The van der Waals surface area contributed by atoms with Gasteiger partial charge in [0.25, 0.3) is 0 Å². The van der Waals surface area contributed by atoms with Crippen LogP contribution in [0.3, 0.4) is 0 Å². The number of aryl methyl sites for hydroxylation is 2. The Morgan fingerprint density at radius 3 is 2.62 bits per heavy atom. The Bertz CT molecular complexity index is 1020. The zero-order valence-corrected chi connectivity index (χ0v) is 16.9. The van der Waals surface area contributed by atoms with E-state index in [1.807, 2.05) is 6.07 Å². The number of benzene rings is 2. The minimum absolute atomic E-state index is 0.178. The van der Waals surface area contributed by atoms with Crippen LogP contribution < -0.4 is 19.5 Å². The molecule has 0 aromatic heterocycles. The molecule has 0 radical (unpaired) electrons. The van der Waals surface area contributed by atoms with Gasteiger partial charge in [-0.2, -0.15) is 0 Å². The number of anilines is 1. The van der Waals surface area contributed by atoms with Crippen molar-refractivity contribution in [1.82, 2.24) is 4.72 Å². The van der Waals surface area contributed by atoms with Crippen LogP contribution in [0.15, 0.2) is 41.3 Å². The van der Waals surface area contributed by atoms with Gasteiger partial charge in [-0.25, -0.2) is 13.1 Å². The largest absolute Gasteiger partial charge is 0.454 e. The van der Waals surface area contributed by atoms with E-state index in [0.717, 1.165) is 31.2 Å². The Balaban J connectivity index is 1.26. The predicted octanol–water partition coefficient (Wildman–Crippen LogP) is 2.99. The molecule has 4 rings (SSSR count). The Labute approximate surface area is 170 Å². The van der Waals surface area contributed by atoms with Crippen molar-refractivity contribution in [2.24, 2.45) is 0 Å². The molecule has 0 bridgehead atoms. The van der Waals surface area contributed by atoms with Gasteiger partial charge in [0.05, 0.1) is 4.90 Å². The maximum Gasteiger partial charge on any atom is 0.240 e. The highest BCUT2D eigenvalue weighted by Crippen LogP contribution is 2.34. The molecule has 0 unspecified atom stereocenters. The first kappa shape index (κ1) is 19.7. The molecule has 2 aromatic rings. The van der Waals surface area contributed by atoms with E-state index in [-0.39, 0.29) is 25.7 Å². The first-order valence-electron chi connectivity index (χ1n) is 9.82. The standard InChI is InChI=1S/C21H24N2O5S/c24-21(23-17-8-10-19-20(13-17)28-14-27-19)6-3-11-22-29(25,26)18-9-7-15-4-1-2-5-16(15)12-18/h7-10,12-13,22H,1-6,11,14H2,(H,23,24). The zero-order valence-electron chi connectivity index (χ0n) is 16.1. The lowest BCUT2D eigenvalue weighted by Gasteiger charge is -2.16. The van der Waals surface area contributed by atoms with Crippen LogP contribution in [0.2, 0.25) is 0 Å². The molecule has 0 spiro atoms. The molecule has 8 heteroatoms. The highest BCUT2D eigenvalue weighted by molar-refractivity contribution is 7.89. The van der Waals surface area contributed by atoms with Crippen LogP contribution in [0.25, 0.3) is 0 Å². The molecule has 0 fully saturated rings. The molecule has 1 aliphatic heterocycles. The van der Waals surface area contributed by atoms with Crippen LogP contribution in [-0.4, -0.2) is 27.7 Å². The van der Waals surface area contributed by atoms with Crippen molar-refractivity contribution >= 4 is 21.6 Å². The van der Waals surface area contributed by atoms with Gasteiger partial charge in [-0.15, -0.1) is 0 Å². The molecule has 2 N–H and O–H groups in total. The summed E-state index contributed by atoms with van der Waals surface area (Å²) in [5, 5.41) is 2.78. The molecule has 0 saturated carbocycles. The van der Waals surface area contributed by atoms with Crippen molar-refractivity contribution < 1.29 is 22.7 Å². The fraction of sp³-hybridized carbons (Fsp3) is 0.381. The van der Waals surface area contributed by atoms with Crippen LogP contribution in [0, 0.1) is 0 Å². The molecule has 1 heterocycles. The highest BCUT2D eigenvalue weighted by Gasteiger charge is 2.18. The van der Waals surface area contributed by atoms with Gasteiger partial charge in [-0.3, -0.25) is 4.79 Å². The maximum atomic E-state index is 12.5. The van der Waals surface area contributed by atoms with Gasteiger partial charge in [0.1, 0.15) is 0 Å². The normalized spacial score (nSPS) is 15.0. The fourth-order valence-electron chi connectivity index (χ4n) is 3.61. The second-order valence-electron chi connectivity index (χ2n) is 7.26. The number of carbonyl (C=O) groups excluding carboxylic acids is 1. The van der Waals surface area contributed by atoms with Crippen LogP contribution in [0.1, 0.15) is 36.8 Å². The molecule has 2 aromatic carbocycles. The number of amides is 1. The van der Waals surface area contributed by atoms with Gasteiger partial charge >= 0.3 is 0 Å². The van der Waals surface area contributed by atoms with Gasteiger partial charge in [0.2, 0.25) is 22.7 Å². The van der Waals surface area contributed by atoms with Gasteiger partial charge in [-0.1, -0.05) is 6.07 Å². The van der Waals surface area contributed by atoms with Crippen LogP contribution in [0.4, 0.5) is 5.69 Å². The number of rotatable bonds is 7. The first-order valence-corrected chi connectivity index (χ1v) is 11.3. The minimum Gasteiger partial charge on any atom is -0.454 e. The minimum atomic E-state index is -3.57. The Morgan fingerprint density at radius 2 is 1.76 bits per heavy atom. The quantitative estimate of drug-likeness (QED) is 0.677. The van der Waals surface area contributed by atoms with E-state index in [0.29, 0.717) is 28.5 Å². The number of sulfonamides is 1. The number of fused-ring (bicyclic) bond motifs is 2. The van der Waals surface area contributed by atoms with Crippen molar-refractivity contribution in [2.75, 3.05) is 18.7 Å². The SMILES string of the molecule is O=C(CCCNS(=O)(=O)c1ccc2c(c1)CCCC2)Nc1ccc2c(c1)OCO2. The number of hydrogen-bond donors (Lipinski definition) is 2. The lowest BCUT2D eigenvalue weighted by Crippen LogP contribution is -2.26. The van der Waals surface area contributed by atoms with E-state index < -0.39 is 10.0 Å². The predicted molar refractivity (Wildman–Crippen MR) is 109 cm³/mol. The molecule has 0 saturated heterocycles. The molecule has 7 nitrogen and oxygen atoms in total. The van der Waals surface area contributed by atoms with Crippen molar-refractivity contribution in [3.8, 4) is 11.5 Å². The van der Waals surface area contributed by atoms with Gasteiger partial charge < -0.3 is 14.8 Å². The van der Waals surface area contributed by atoms with Crippen molar-refractivity contribution in [2.45, 2.75) is 43.4 Å². The van der Waals surface area contributed by atoms with Crippen LogP contribution >= 0.6 is 0 Å². The molecule has 0 atom stereocenters. The average molecular weight is 416 g/mol. The van der Waals surface area contributed by atoms with E-state index in [1.165, 1.54) is 5.56 Å². The Hall–Kier alpha value is -2.58. The second-order valence-corrected chi connectivity index (χ2v) is 9.02. The van der Waals surface area contributed by atoms with E-state index >= 15 is 0 Å². The molecule has 1 amide bonds. The summed E-state index contributed by atoms with van der Waals surface area (Å²) in [5.74, 6) is 1.07.